The molecule has 30 heavy (non-hydrogen) atoms. The van der Waals surface area contributed by atoms with Crippen LogP contribution in [-0.2, 0) is 42.2 Å². The lowest BCUT2D eigenvalue weighted by Gasteiger charge is -2.38. The predicted molar refractivity (Wildman–Crippen MR) is 106 cm³/mol. The van der Waals surface area contributed by atoms with Crippen molar-refractivity contribution in [3.63, 3.8) is 0 Å². The van der Waals surface area contributed by atoms with E-state index in [9.17, 15) is 14.4 Å². The summed E-state index contributed by atoms with van der Waals surface area (Å²) < 4.78 is 16.3. The van der Waals surface area contributed by atoms with Gasteiger partial charge in [-0.3, -0.25) is 14.4 Å². The summed E-state index contributed by atoms with van der Waals surface area (Å²) in [7, 11) is 0. The van der Waals surface area contributed by atoms with E-state index in [1.54, 1.807) is 24.8 Å². The van der Waals surface area contributed by atoms with Crippen LogP contribution in [0.3, 0.4) is 0 Å². The average molecular weight is 411 g/mol. The van der Waals surface area contributed by atoms with Crippen molar-refractivity contribution in [2.45, 2.75) is 32.2 Å². The van der Waals surface area contributed by atoms with Crippen LogP contribution in [0.15, 0.2) is 47.1 Å². The summed E-state index contributed by atoms with van der Waals surface area (Å²) in [5, 5.41) is 0. The minimum Gasteiger partial charge on any atom is -0.469 e. The number of amides is 1. The molecular formula is C23H25NO6. The number of carbonyl (C=O) groups excluding carboxylic acids is 3. The monoisotopic (exact) mass is 411 g/mol. The molecule has 158 valence electrons. The highest BCUT2D eigenvalue weighted by Gasteiger charge is 2.67. The zero-order valence-electron chi connectivity index (χ0n) is 17.1. The molecule has 1 aromatic carbocycles. The molecule has 0 N–H and O–H groups in total. The summed E-state index contributed by atoms with van der Waals surface area (Å²) in [4.78, 5) is 41.9. The van der Waals surface area contributed by atoms with Crippen LogP contribution in [-0.4, -0.2) is 42.5 Å². The molecular weight excluding hydrogens is 386 g/mol. The summed E-state index contributed by atoms with van der Waals surface area (Å²) in [6.45, 7) is 4.37. The molecule has 0 saturated carbocycles. The van der Waals surface area contributed by atoms with Crippen molar-refractivity contribution in [2.24, 2.45) is 11.8 Å². The number of carbonyl (C=O) groups is 3. The average Bonchev–Trinajstić information content (AvgIpc) is 3.32. The van der Waals surface area contributed by atoms with Gasteiger partial charge in [-0.25, -0.2) is 0 Å². The minimum atomic E-state index is -1.85. The van der Waals surface area contributed by atoms with Crippen molar-refractivity contribution in [3.8, 4) is 0 Å². The zero-order chi connectivity index (χ0) is 21.3. The molecule has 0 unspecified atom stereocenters. The van der Waals surface area contributed by atoms with Gasteiger partial charge in [0.25, 0.3) is 0 Å². The Balaban J connectivity index is 1.80. The van der Waals surface area contributed by atoms with Gasteiger partial charge in [-0.05, 0) is 31.4 Å². The van der Waals surface area contributed by atoms with Gasteiger partial charge in [0.15, 0.2) is 0 Å². The number of ether oxygens (including phenoxy) is 2. The second kappa shape index (κ2) is 7.97. The topological polar surface area (TPSA) is 86.1 Å². The van der Waals surface area contributed by atoms with Crippen LogP contribution in [0.1, 0.15) is 30.7 Å². The first-order chi connectivity index (χ1) is 14.5. The van der Waals surface area contributed by atoms with Crippen molar-refractivity contribution in [1.82, 2.24) is 4.90 Å². The van der Waals surface area contributed by atoms with Crippen molar-refractivity contribution in [1.29, 1.82) is 0 Å². The highest BCUT2D eigenvalue weighted by atomic mass is 16.6. The van der Waals surface area contributed by atoms with Crippen molar-refractivity contribution < 1.29 is 28.3 Å². The van der Waals surface area contributed by atoms with Gasteiger partial charge in [-0.1, -0.05) is 30.3 Å². The molecule has 2 aromatic rings. The van der Waals surface area contributed by atoms with Crippen LogP contribution in [0.25, 0.3) is 0 Å². The normalized spacial score (nSPS) is 21.7. The number of furan rings is 1. The number of likely N-dealkylation sites (tertiary alicyclic amines) is 1. The molecule has 1 aromatic heterocycles. The van der Waals surface area contributed by atoms with E-state index in [4.69, 9.17) is 13.9 Å². The van der Waals surface area contributed by atoms with Gasteiger partial charge >= 0.3 is 11.9 Å². The molecule has 1 saturated heterocycles. The predicted octanol–water partition coefficient (Wildman–Crippen LogP) is 2.47. The lowest BCUT2D eigenvalue weighted by molar-refractivity contribution is -0.172. The molecule has 7 heteroatoms. The number of hydrogen-bond donors (Lipinski definition) is 0. The third-order valence-corrected chi connectivity index (χ3v) is 6.00. The van der Waals surface area contributed by atoms with Crippen LogP contribution in [0, 0.1) is 11.8 Å². The van der Waals surface area contributed by atoms with E-state index in [1.807, 2.05) is 30.3 Å². The molecule has 2 heterocycles. The molecule has 0 bridgehead atoms. The van der Waals surface area contributed by atoms with Gasteiger partial charge in [0.1, 0.15) is 5.76 Å². The van der Waals surface area contributed by atoms with Crippen molar-refractivity contribution in [2.75, 3.05) is 19.8 Å². The zero-order valence-corrected chi connectivity index (χ0v) is 17.1. The Morgan fingerprint density at radius 3 is 2.40 bits per heavy atom. The molecule has 7 nitrogen and oxygen atoms in total. The van der Waals surface area contributed by atoms with Gasteiger partial charge in [-0.15, -0.1) is 0 Å². The van der Waals surface area contributed by atoms with Crippen LogP contribution >= 0.6 is 0 Å². The van der Waals surface area contributed by atoms with E-state index in [1.165, 1.54) is 6.26 Å². The Morgan fingerprint density at radius 2 is 1.77 bits per heavy atom. The summed E-state index contributed by atoms with van der Waals surface area (Å²) >= 11 is 0. The maximum absolute atomic E-state index is 13.6. The van der Waals surface area contributed by atoms with E-state index >= 15 is 0 Å². The van der Waals surface area contributed by atoms with Gasteiger partial charge in [0.2, 0.25) is 11.3 Å². The largest absolute Gasteiger partial charge is 0.469 e. The number of esters is 2. The molecule has 1 fully saturated rings. The Labute approximate surface area is 174 Å². The SMILES string of the molecule is CCOC(=O)C1(C(=O)OCC)c2ccoc2C[C@H]2CN(Cc3ccccc3)C(=O)[C@H]21. The lowest BCUT2D eigenvalue weighted by atomic mass is 9.61. The van der Waals surface area contributed by atoms with Gasteiger partial charge in [-0.2, -0.15) is 0 Å². The Hall–Kier alpha value is -3.09. The number of benzene rings is 1. The highest BCUT2D eigenvalue weighted by Crippen LogP contribution is 2.50. The van der Waals surface area contributed by atoms with Crippen LogP contribution in [0.5, 0.6) is 0 Å². The minimum absolute atomic E-state index is 0.0898. The van der Waals surface area contributed by atoms with E-state index in [-0.39, 0.29) is 25.0 Å². The molecule has 0 spiro atoms. The van der Waals surface area contributed by atoms with Gasteiger partial charge < -0.3 is 18.8 Å². The third-order valence-electron chi connectivity index (χ3n) is 6.00. The molecule has 0 radical (unpaired) electrons. The summed E-state index contributed by atoms with van der Waals surface area (Å²) in [5.41, 5.74) is -0.477. The first-order valence-electron chi connectivity index (χ1n) is 10.3. The standard InChI is InChI=1S/C23H25NO6/c1-3-28-21(26)23(22(27)29-4-2)17-10-11-30-18(17)12-16-14-24(20(25)19(16)23)13-15-8-6-5-7-9-15/h5-11,16,19H,3-4,12-14H2,1-2H3/t16-,19-/m0/s1. The fourth-order valence-electron chi connectivity index (χ4n) is 4.85. The maximum atomic E-state index is 13.6. The van der Waals surface area contributed by atoms with E-state index in [0.29, 0.717) is 30.8 Å². The molecule has 2 atom stereocenters. The van der Waals surface area contributed by atoms with Crippen LogP contribution in [0.4, 0.5) is 0 Å². The van der Waals surface area contributed by atoms with Crippen LogP contribution < -0.4 is 0 Å². The summed E-state index contributed by atoms with van der Waals surface area (Å²) in [6.07, 6.45) is 1.93. The van der Waals surface area contributed by atoms with Crippen LogP contribution in [0.2, 0.25) is 0 Å². The Morgan fingerprint density at radius 1 is 1.10 bits per heavy atom. The molecule has 2 aliphatic rings. The van der Waals surface area contributed by atoms with E-state index in [2.05, 4.69) is 0 Å². The smallest absolute Gasteiger partial charge is 0.329 e. The number of hydrogen-bond acceptors (Lipinski definition) is 6. The molecule has 1 aliphatic heterocycles. The van der Waals surface area contributed by atoms with Crippen molar-refractivity contribution >= 4 is 17.8 Å². The maximum Gasteiger partial charge on any atom is 0.329 e. The number of fused-ring (bicyclic) bond motifs is 2. The Bertz CT molecular complexity index is 932. The number of rotatable bonds is 6. The summed E-state index contributed by atoms with van der Waals surface area (Å²) in [5.74, 6) is -2.35. The first-order valence-corrected chi connectivity index (χ1v) is 10.3. The second-order valence-corrected chi connectivity index (χ2v) is 7.65. The fourth-order valence-corrected chi connectivity index (χ4v) is 4.85. The third kappa shape index (κ3) is 3.00. The van der Waals surface area contributed by atoms with Crippen molar-refractivity contribution in [3.05, 3.63) is 59.5 Å². The second-order valence-electron chi connectivity index (χ2n) is 7.65. The van der Waals surface area contributed by atoms with Gasteiger partial charge in [0.05, 0.1) is 25.4 Å². The molecule has 1 aliphatic carbocycles. The highest BCUT2D eigenvalue weighted by molar-refractivity contribution is 6.11. The van der Waals surface area contributed by atoms with E-state index in [0.717, 1.165) is 5.56 Å². The first kappa shape index (κ1) is 20.2. The molecule has 4 rings (SSSR count). The lowest BCUT2D eigenvalue weighted by Crippen LogP contribution is -2.57. The quantitative estimate of drug-likeness (QED) is 0.536. The number of nitrogens with zero attached hydrogens (tertiary/aromatic N) is 1. The van der Waals surface area contributed by atoms with Gasteiger partial charge in [0, 0.05) is 25.1 Å². The fraction of sp³-hybridized carbons (Fsp3) is 0.435. The summed E-state index contributed by atoms with van der Waals surface area (Å²) in [6, 6.07) is 11.2. The molecule has 1 amide bonds. The Kier molecular flexibility index (Phi) is 5.37. The van der Waals surface area contributed by atoms with E-state index < -0.39 is 23.3 Å².